The van der Waals surface area contributed by atoms with Gasteiger partial charge in [0.25, 0.3) is 0 Å². The third-order valence-corrected chi connectivity index (χ3v) is 5.77. The molecule has 0 radical (unpaired) electrons. The lowest BCUT2D eigenvalue weighted by Crippen LogP contribution is -2.48. The van der Waals surface area contributed by atoms with Gasteiger partial charge < -0.3 is 20.5 Å². The second-order valence-corrected chi connectivity index (χ2v) is 7.26. The van der Waals surface area contributed by atoms with Crippen LogP contribution in [-0.4, -0.2) is 42.4 Å². The molecule has 3 aliphatic rings. The summed E-state index contributed by atoms with van der Waals surface area (Å²) in [5.74, 6) is 0.153. The second-order valence-electron chi connectivity index (χ2n) is 7.26. The first-order valence-corrected chi connectivity index (χ1v) is 8.56. The highest BCUT2D eigenvalue weighted by atomic mass is 16.5. The summed E-state index contributed by atoms with van der Waals surface area (Å²) in [6.07, 6.45) is 4.34. The molecule has 0 bridgehead atoms. The Morgan fingerprint density at radius 1 is 1.26 bits per heavy atom. The molecule has 1 saturated carbocycles. The molecule has 5 nitrogen and oxygen atoms in total. The van der Waals surface area contributed by atoms with Gasteiger partial charge in [0.1, 0.15) is 5.60 Å². The van der Waals surface area contributed by atoms with Gasteiger partial charge in [-0.2, -0.15) is 0 Å². The molecule has 1 saturated heterocycles. The second kappa shape index (κ2) is 5.58. The molecule has 1 unspecified atom stereocenters. The van der Waals surface area contributed by atoms with Crippen LogP contribution in [0.25, 0.3) is 0 Å². The molecule has 1 amide bonds. The lowest BCUT2D eigenvalue weighted by Gasteiger charge is -2.37. The zero-order chi connectivity index (χ0) is 15.9. The number of benzene rings is 1. The Labute approximate surface area is 136 Å². The van der Waals surface area contributed by atoms with E-state index < -0.39 is 5.60 Å². The van der Waals surface area contributed by atoms with Crippen molar-refractivity contribution in [2.45, 2.75) is 49.2 Å². The summed E-state index contributed by atoms with van der Waals surface area (Å²) in [6.45, 7) is 1.64. The van der Waals surface area contributed by atoms with Crippen LogP contribution in [-0.2, 0) is 14.9 Å². The van der Waals surface area contributed by atoms with Gasteiger partial charge in [0.2, 0.25) is 5.91 Å². The van der Waals surface area contributed by atoms with Crippen molar-refractivity contribution in [2.75, 3.05) is 25.1 Å². The molecule has 2 heterocycles. The van der Waals surface area contributed by atoms with Crippen LogP contribution in [0.15, 0.2) is 24.3 Å². The highest BCUT2D eigenvalue weighted by molar-refractivity contribution is 6.06. The molecule has 1 aromatic carbocycles. The molecule has 4 rings (SSSR count). The number of carbonyl (C=O) groups is 1. The molecular weight excluding hydrogens is 292 g/mol. The fraction of sp³-hybridized carbons (Fsp3) is 0.611. The Balaban J connectivity index is 1.40. The zero-order valence-electron chi connectivity index (χ0n) is 13.3. The Kier molecular flexibility index (Phi) is 3.67. The normalized spacial score (nSPS) is 36.2. The van der Waals surface area contributed by atoms with Gasteiger partial charge in [0, 0.05) is 31.3 Å². The number of para-hydroxylation sites is 1. The van der Waals surface area contributed by atoms with E-state index in [2.05, 4.69) is 16.7 Å². The predicted molar refractivity (Wildman–Crippen MR) is 87.4 cm³/mol. The first kappa shape index (κ1) is 15.1. The lowest BCUT2D eigenvalue weighted by molar-refractivity contribution is -0.122. The molecule has 2 aliphatic heterocycles. The van der Waals surface area contributed by atoms with Gasteiger partial charge in [-0.1, -0.05) is 18.2 Å². The molecule has 1 aliphatic carbocycles. The minimum Gasteiger partial charge on any atom is -0.386 e. The number of amides is 1. The summed E-state index contributed by atoms with van der Waals surface area (Å²) in [7, 11) is 0. The summed E-state index contributed by atoms with van der Waals surface area (Å²) in [5.41, 5.74) is 1.07. The Morgan fingerprint density at radius 3 is 2.78 bits per heavy atom. The minimum atomic E-state index is -0.716. The number of fused-ring (bicyclic) bond motifs is 2. The molecule has 1 spiro atoms. The van der Waals surface area contributed by atoms with E-state index in [1.807, 2.05) is 18.2 Å². The standard InChI is InChI=1S/C18H24N2O3/c21-16-18(14-3-1-2-4-15(14)20-16)7-5-13(6-8-18)19-11-17(22)9-10-23-12-17/h1-4,13,19,22H,5-12H2,(H,20,21). The molecule has 23 heavy (non-hydrogen) atoms. The highest BCUT2D eigenvalue weighted by Gasteiger charge is 2.48. The van der Waals surface area contributed by atoms with Gasteiger partial charge in [-0.05, 0) is 37.3 Å². The molecule has 124 valence electrons. The highest BCUT2D eigenvalue weighted by Crippen LogP contribution is 2.47. The summed E-state index contributed by atoms with van der Waals surface area (Å²) in [6, 6.07) is 8.42. The number of nitrogens with one attached hydrogen (secondary N) is 2. The number of hydrogen-bond acceptors (Lipinski definition) is 4. The molecule has 1 aromatic rings. The molecule has 0 aromatic heterocycles. The van der Waals surface area contributed by atoms with Crippen LogP contribution in [0, 0.1) is 0 Å². The lowest BCUT2D eigenvalue weighted by atomic mass is 9.69. The molecular formula is C18H24N2O3. The van der Waals surface area contributed by atoms with Crippen molar-refractivity contribution in [3.63, 3.8) is 0 Å². The Hall–Kier alpha value is -1.43. The number of rotatable bonds is 3. The number of carbonyl (C=O) groups excluding carboxylic acids is 1. The van der Waals surface area contributed by atoms with Crippen molar-refractivity contribution >= 4 is 11.6 Å². The van der Waals surface area contributed by atoms with E-state index in [9.17, 15) is 9.90 Å². The van der Waals surface area contributed by atoms with Crippen LogP contribution < -0.4 is 10.6 Å². The van der Waals surface area contributed by atoms with E-state index >= 15 is 0 Å². The topological polar surface area (TPSA) is 70.6 Å². The van der Waals surface area contributed by atoms with E-state index in [0.717, 1.165) is 36.9 Å². The van der Waals surface area contributed by atoms with E-state index in [1.54, 1.807) is 0 Å². The summed E-state index contributed by atoms with van der Waals surface area (Å²) >= 11 is 0. The van der Waals surface area contributed by atoms with Crippen LogP contribution in [0.2, 0.25) is 0 Å². The number of hydrogen-bond donors (Lipinski definition) is 3. The maximum Gasteiger partial charge on any atom is 0.235 e. The summed E-state index contributed by atoms with van der Waals surface area (Å²) in [5, 5.41) is 16.9. The van der Waals surface area contributed by atoms with Crippen molar-refractivity contribution in [2.24, 2.45) is 0 Å². The predicted octanol–water partition coefficient (Wildman–Crippen LogP) is 1.56. The average Bonchev–Trinajstić information content (AvgIpc) is 3.11. The van der Waals surface area contributed by atoms with E-state index in [4.69, 9.17) is 4.74 Å². The van der Waals surface area contributed by atoms with E-state index in [-0.39, 0.29) is 11.3 Å². The van der Waals surface area contributed by atoms with Gasteiger partial charge >= 0.3 is 0 Å². The van der Waals surface area contributed by atoms with Crippen LogP contribution in [0.1, 0.15) is 37.7 Å². The van der Waals surface area contributed by atoms with Crippen molar-refractivity contribution < 1.29 is 14.6 Å². The third-order valence-electron chi connectivity index (χ3n) is 5.77. The van der Waals surface area contributed by atoms with Crippen molar-refractivity contribution in [3.05, 3.63) is 29.8 Å². The first-order chi connectivity index (χ1) is 11.1. The van der Waals surface area contributed by atoms with E-state index in [1.165, 1.54) is 0 Å². The van der Waals surface area contributed by atoms with Crippen LogP contribution in [0.4, 0.5) is 5.69 Å². The molecule has 5 heteroatoms. The fourth-order valence-electron chi connectivity index (χ4n) is 4.26. The van der Waals surface area contributed by atoms with Crippen LogP contribution in [0.5, 0.6) is 0 Å². The van der Waals surface area contributed by atoms with Gasteiger partial charge in [-0.25, -0.2) is 0 Å². The van der Waals surface area contributed by atoms with Gasteiger partial charge in [0.05, 0.1) is 12.0 Å². The van der Waals surface area contributed by atoms with Crippen LogP contribution in [0.3, 0.4) is 0 Å². The van der Waals surface area contributed by atoms with Gasteiger partial charge in [-0.3, -0.25) is 4.79 Å². The Morgan fingerprint density at radius 2 is 2.04 bits per heavy atom. The number of aliphatic hydroxyl groups is 1. The largest absolute Gasteiger partial charge is 0.386 e. The molecule has 3 N–H and O–H groups in total. The van der Waals surface area contributed by atoms with Gasteiger partial charge in [-0.15, -0.1) is 0 Å². The summed E-state index contributed by atoms with van der Waals surface area (Å²) in [4.78, 5) is 12.5. The summed E-state index contributed by atoms with van der Waals surface area (Å²) < 4.78 is 5.29. The maximum atomic E-state index is 12.5. The monoisotopic (exact) mass is 316 g/mol. The molecule has 1 atom stereocenters. The smallest absolute Gasteiger partial charge is 0.235 e. The fourth-order valence-corrected chi connectivity index (χ4v) is 4.26. The van der Waals surface area contributed by atoms with Crippen molar-refractivity contribution in [1.29, 1.82) is 0 Å². The first-order valence-electron chi connectivity index (χ1n) is 8.56. The van der Waals surface area contributed by atoms with Crippen molar-refractivity contribution in [1.82, 2.24) is 5.32 Å². The maximum absolute atomic E-state index is 12.5. The van der Waals surface area contributed by atoms with Crippen LogP contribution >= 0.6 is 0 Å². The number of ether oxygens (including phenoxy) is 1. The van der Waals surface area contributed by atoms with E-state index in [0.29, 0.717) is 32.2 Å². The Bertz CT molecular complexity index is 602. The molecule has 2 fully saturated rings. The number of anilines is 1. The quantitative estimate of drug-likeness (QED) is 0.791. The van der Waals surface area contributed by atoms with Gasteiger partial charge in [0.15, 0.2) is 0 Å². The average molecular weight is 316 g/mol. The minimum absolute atomic E-state index is 0.153. The SMILES string of the molecule is O=C1Nc2ccccc2C12CCC(NCC1(O)CCOC1)CC2. The third kappa shape index (κ3) is 2.57. The zero-order valence-corrected chi connectivity index (χ0v) is 13.3. The van der Waals surface area contributed by atoms with Crippen molar-refractivity contribution in [3.8, 4) is 0 Å².